The maximum atomic E-state index is 5.20. The summed E-state index contributed by atoms with van der Waals surface area (Å²) < 4.78 is 1.69. The molecule has 1 aromatic heterocycles. The van der Waals surface area contributed by atoms with Crippen LogP contribution in [0.25, 0.3) is 5.69 Å². The molecule has 0 amide bonds. The van der Waals surface area contributed by atoms with E-state index in [1.54, 1.807) is 11.0 Å². The topological polar surface area (TPSA) is 42.7 Å². The molecule has 15 heavy (non-hydrogen) atoms. The van der Waals surface area contributed by atoms with Crippen LogP contribution >= 0.6 is 0 Å². The first-order valence-electron chi connectivity index (χ1n) is 4.53. The fraction of sp³-hybridized carbons (Fsp3) is 0.0909. The Morgan fingerprint density at radius 2 is 2.27 bits per heavy atom. The molecule has 1 aromatic carbocycles. The van der Waals surface area contributed by atoms with E-state index in [9.17, 15) is 0 Å². The highest BCUT2D eigenvalue weighted by Gasteiger charge is 2.02. The standard InChI is InChI=1S/C11H10N4/c1-2-7-13-10-5-3-4-6-11(10)15-9-12-8-14-15/h1,3-6,8-9,13H,7H2. The maximum absolute atomic E-state index is 5.20. The van der Waals surface area contributed by atoms with Gasteiger partial charge < -0.3 is 5.32 Å². The van der Waals surface area contributed by atoms with Gasteiger partial charge >= 0.3 is 0 Å². The van der Waals surface area contributed by atoms with Crippen LogP contribution in [0.15, 0.2) is 36.9 Å². The van der Waals surface area contributed by atoms with E-state index >= 15 is 0 Å². The normalized spacial score (nSPS) is 9.53. The van der Waals surface area contributed by atoms with Crippen LogP contribution < -0.4 is 5.32 Å². The molecule has 0 fully saturated rings. The summed E-state index contributed by atoms with van der Waals surface area (Å²) in [6.07, 6.45) is 8.35. The van der Waals surface area contributed by atoms with Crippen molar-refractivity contribution >= 4 is 5.69 Å². The molecule has 2 aromatic rings. The van der Waals surface area contributed by atoms with Crippen molar-refractivity contribution in [3.8, 4) is 18.0 Å². The minimum absolute atomic E-state index is 0.492. The first-order valence-corrected chi connectivity index (χ1v) is 4.53. The molecule has 4 heteroatoms. The van der Waals surface area contributed by atoms with Crippen LogP contribution in [0.3, 0.4) is 0 Å². The summed E-state index contributed by atoms with van der Waals surface area (Å²) in [4.78, 5) is 3.90. The molecule has 1 heterocycles. The minimum Gasteiger partial charge on any atom is -0.372 e. The van der Waals surface area contributed by atoms with Crippen LogP contribution in [0, 0.1) is 12.3 Å². The Balaban J connectivity index is 2.35. The minimum atomic E-state index is 0.492. The van der Waals surface area contributed by atoms with E-state index in [0.29, 0.717) is 6.54 Å². The number of hydrogen-bond donors (Lipinski definition) is 1. The molecule has 0 radical (unpaired) electrons. The van der Waals surface area contributed by atoms with Gasteiger partial charge in [0.05, 0.1) is 17.9 Å². The van der Waals surface area contributed by atoms with Crippen molar-refractivity contribution in [3.63, 3.8) is 0 Å². The second-order valence-corrected chi connectivity index (χ2v) is 2.91. The zero-order chi connectivity index (χ0) is 10.5. The van der Waals surface area contributed by atoms with Gasteiger partial charge in [0, 0.05) is 0 Å². The largest absolute Gasteiger partial charge is 0.372 e. The third-order valence-corrected chi connectivity index (χ3v) is 1.95. The first-order chi connectivity index (χ1) is 7.42. The summed E-state index contributed by atoms with van der Waals surface area (Å²) in [5.74, 6) is 2.53. The van der Waals surface area contributed by atoms with Crippen LogP contribution in [-0.2, 0) is 0 Å². The number of anilines is 1. The van der Waals surface area contributed by atoms with Gasteiger partial charge in [0.2, 0.25) is 0 Å². The van der Waals surface area contributed by atoms with E-state index in [2.05, 4.69) is 21.3 Å². The quantitative estimate of drug-likeness (QED) is 0.756. The summed E-state index contributed by atoms with van der Waals surface area (Å²) in [6, 6.07) is 7.79. The molecule has 0 saturated heterocycles. The van der Waals surface area contributed by atoms with Crippen molar-refractivity contribution < 1.29 is 0 Å². The number of nitrogens with one attached hydrogen (secondary N) is 1. The molecule has 0 atom stereocenters. The predicted molar refractivity (Wildman–Crippen MR) is 58.7 cm³/mol. The van der Waals surface area contributed by atoms with Gasteiger partial charge in [-0.25, -0.2) is 9.67 Å². The third-order valence-electron chi connectivity index (χ3n) is 1.95. The lowest BCUT2D eigenvalue weighted by Gasteiger charge is -2.08. The van der Waals surface area contributed by atoms with Gasteiger partial charge in [-0.05, 0) is 12.1 Å². The van der Waals surface area contributed by atoms with E-state index in [4.69, 9.17) is 6.42 Å². The van der Waals surface area contributed by atoms with Crippen molar-refractivity contribution in [1.29, 1.82) is 0 Å². The molecule has 74 valence electrons. The highest BCUT2D eigenvalue weighted by atomic mass is 15.3. The Bertz CT molecular complexity index is 468. The zero-order valence-corrected chi connectivity index (χ0v) is 8.09. The molecule has 0 aliphatic heterocycles. The molecular weight excluding hydrogens is 188 g/mol. The summed E-state index contributed by atoms with van der Waals surface area (Å²) in [7, 11) is 0. The van der Waals surface area contributed by atoms with Gasteiger partial charge in [-0.1, -0.05) is 18.1 Å². The number of terminal acetylenes is 1. The van der Waals surface area contributed by atoms with Gasteiger partial charge in [-0.15, -0.1) is 6.42 Å². The van der Waals surface area contributed by atoms with E-state index in [1.807, 2.05) is 24.3 Å². The molecule has 0 aliphatic carbocycles. The highest BCUT2D eigenvalue weighted by molar-refractivity contribution is 5.60. The summed E-state index contributed by atoms with van der Waals surface area (Å²) in [5, 5.41) is 7.20. The van der Waals surface area contributed by atoms with Crippen LogP contribution in [0.4, 0.5) is 5.69 Å². The van der Waals surface area contributed by atoms with Crippen molar-refractivity contribution in [2.75, 3.05) is 11.9 Å². The van der Waals surface area contributed by atoms with Crippen molar-refractivity contribution in [2.45, 2.75) is 0 Å². The van der Waals surface area contributed by atoms with Crippen LogP contribution in [0.1, 0.15) is 0 Å². The van der Waals surface area contributed by atoms with Crippen LogP contribution in [-0.4, -0.2) is 21.3 Å². The van der Waals surface area contributed by atoms with Crippen LogP contribution in [0.2, 0.25) is 0 Å². The molecule has 1 N–H and O–H groups in total. The SMILES string of the molecule is C#CCNc1ccccc1-n1cncn1. The summed E-state index contributed by atoms with van der Waals surface area (Å²) >= 11 is 0. The van der Waals surface area contributed by atoms with Gasteiger partial charge in [-0.3, -0.25) is 0 Å². The van der Waals surface area contributed by atoms with Gasteiger partial charge in [-0.2, -0.15) is 5.10 Å². The smallest absolute Gasteiger partial charge is 0.138 e. The average molecular weight is 198 g/mol. The van der Waals surface area contributed by atoms with Gasteiger partial charge in [0.1, 0.15) is 12.7 Å². The molecule has 4 nitrogen and oxygen atoms in total. The lowest BCUT2D eigenvalue weighted by molar-refractivity contribution is 0.879. The Morgan fingerprint density at radius 3 is 3.00 bits per heavy atom. The first kappa shape index (κ1) is 9.28. The number of para-hydroxylation sites is 2. The fourth-order valence-electron chi connectivity index (χ4n) is 1.30. The van der Waals surface area contributed by atoms with Crippen molar-refractivity contribution in [2.24, 2.45) is 0 Å². The molecule has 0 unspecified atom stereocenters. The monoisotopic (exact) mass is 198 g/mol. The van der Waals surface area contributed by atoms with Gasteiger partial charge in [0.25, 0.3) is 0 Å². The molecule has 2 rings (SSSR count). The number of benzene rings is 1. The Morgan fingerprint density at radius 1 is 1.40 bits per heavy atom. The van der Waals surface area contributed by atoms with E-state index in [1.165, 1.54) is 6.33 Å². The number of rotatable bonds is 3. The molecule has 0 spiro atoms. The summed E-state index contributed by atoms with van der Waals surface area (Å²) in [5.41, 5.74) is 1.88. The molecular formula is C11H10N4. The van der Waals surface area contributed by atoms with E-state index < -0.39 is 0 Å². The van der Waals surface area contributed by atoms with Gasteiger partial charge in [0.15, 0.2) is 0 Å². The Kier molecular flexibility index (Phi) is 2.65. The third kappa shape index (κ3) is 1.97. The lowest BCUT2D eigenvalue weighted by Crippen LogP contribution is -2.04. The second kappa shape index (κ2) is 4.29. The Labute approximate surface area is 88.0 Å². The van der Waals surface area contributed by atoms with E-state index in [-0.39, 0.29) is 0 Å². The zero-order valence-electron chi connectivity index (χ0n) is 8.09. The van der Waals surface area contributed by atoms with Crippen molar-refractivity contribution in [3.05, 3.63) is 36.9 Å². The second-order valence-electron chi connectivity index (χ2n) is 2.91. The van der Waals surface area contributed by atoms with Crippen LogP contribution in [0.5, 0.6) is 0 Å². The number of hydrogen-bond acceptors (Lipinski definition) is 3. The molecule has 0 saturated carbocycles. The highest BCUT2D eigenvalue weighted by Crippen LogP contribution is 2.17. The average Bonchev–Trinajstić information content (AvgIpc) is 2.80. The fourth-order valence-corrected chi connectivity index (χ4v) is 1.30. The molecule has 0 bridgehead atoms. The molecule has 0 aliphatic rings. The number of aromatic nitrogens is 3. The predicted octanol–water partition coefficient (Wildman–Crippen LogP) is 1.31. The number of nitrogens with zero attached hydrogens (tertiary/aromatic N) is 3. The Hall–Kier alpha value is -2.28. The maximum Gasteiger partial charge on any atom is 0.138 e. The lowest BCUT2D eigenvalue weighted by atomic mass is 10.2. The summed E-state index contributed by atoms with van der Waals surface area (Å²) in [6.45, 7) is 0.492. The van der Waals surface area contributed by atoms with Crippen molar-refractivity contribution in [1.82, 2.24) is 14.8 Å². The van der Waals surface area contributed by atoms with E-state index in [0.717, 1.165) is 11.4 Å².